The van der Waals surface area contributed by atoms with Gasteiger partial charge in [0.05, 0.1) is 0 Å². The average molecular weight is 311 g/mol. The summed E-state index contributed by atoms with van der Waals surface area (Å²) in [5.41, 5.74) is 1.27. The summed E-state index contributed by atoms with van der Waals surface area (Å²) in [4.78, 5) is 0. The van der Waals surface area contributed by atoms with E-state index < -0.39 is 0 Å². The number of rotatable bonds is 4. The summed E-state index contributed by atoms with van der Waals surface area (Å²) in [7, 11) is 0. The van der Waals surface area contributed by atoms with E-state index in [9.17, 15) is 0 Å². The molecule has 1 fully saturated rings. The Hall–Kier alpha value is -0.520. The topological polar surface area (TPSA) is 30.5 Å². The van der Waals surface area contributed by atoms with Gasteiger partial charge >= 0.3 is 0 Å². The number of ether oxygens (including phenoxy) is 2. The maximum atomic E-state index is 5.65. The number of benzene rings is 1. The van der Waals surface area contributed by atoms with Crippen LogP contribution < -0.4 is 14.8 Å². The van der Waals surface area contributed by atoms with Crippen LogP contribution in [0.2, 0.25) is 0 Å². The summed E-state index contributed by atoms with van der Waals surface area (Å²) in [5, 5.41) is 4.39. The Labute approximate surface area is 129 Å². The summed E-state index contributed by atoms with van der Waals surface area (Å²) in [6, 6.07) is 6.61. The average Bonchev–Trinajstić information content (AvgIpc) is 2.53. The lowest BCUT2D eigenvalue weighted by molar-refractivity contribution is 0.171. The molecule has 0 aliphatic carbocycles. The van der Waals surface area contributed by atoms with E-state index in [1.165, 1.54) is 22.8 Å². The lowest BCUT2D eigenvalue weighted by atomic mass is 10.1. The molecule has 1 saturated heterocycles. The molecule has 3 rings (SSSR count). The fourth-order valence-electron chi connectivity index (χ4n) is 2.41. The van der Waals surface area contributed by atoms with Crippen LogP contribution in [-0.4, -0.2) is 42.3 Å². The van der Waals surface area contributed by atoms with Gasteiger partial charge in [0.25, 0.3) is 0 Å². The quantitative estimate of drug-likeness (QED) is 0.924. The molecule has 1 aromatic carbocycles. The van der Waals surface area contributed by atoms with Gasteiger partial charge in [-0.3, -0.25) is 0 Å². The Morgan fingerprint density at radius 1 is 1.25 bits per heavy atom. The molecule has 0 spiro atoms. The van der Waals surface area contributed by atoms with E-state index in [0.29, 0.717) is 19.3 Å². The van der Waals surface area contributed by atoms with Gasteiger partial charge in [0.2, 0.25) is 0 Å². The first-order valence-corrected chi connectivity index (χ1v) is 9.35. The number of nitrogens with one attached hydrogen (secondary N) is 1. The highest BCUT2D eigenvalue weighted by molar-refractivity contribution is 8.06. The molecule has 0 saturated carbocycles. The summed E-state index contributed by atoms with van der Waals surface area (Å²) in [6.45, 7) is 4.59. The highest BCUT2D eigenvalue weighted by atomic mass is 32.2. The third kappa shape index (κ3) is 3.57. The van der Waals surface area contributed by atoms with Crippen molar-refractivity contribution in [2.45, 2.75) is 18.2 Å². The molecule has 2 heterocycles. The van der Waals surface area contributed by atoms with Gasteiger partial charge in [-0.1, -0.05) is 6.07 Å². The van der Waals surface area contributed by atoms with E-state index in [4.69, 9.17) is 9.47 Å². The number of hydrogen-bond acceptors (Lipinski definition) is 5. The monoisotopic (exact) mass is 311 g/mol. The largest absolute Gasteiger partial charge is 0.486 e. The molecule has 2 unspecified atom stereocenters. The zero-order valence-electron chi connectivity index (χ0n) is 11.8. The minimum atomic E-state index is 0.346. The van der Waals surface area contributed by atoms with E-state index in [-0.39, 0.29) is 0 Å². The van der Waals surface area contributed by atoms with Crippen molar-refractivity contribution in [3.05, 3.63) is 23.8 Å². The second kappa shape index (κ2) is 6.96. The summed E-state index contributed by atoms with van der Waals surface area (Å²) >= 11 is 4.17. The molecule has 20 heavy (non-hydrogen) atoms. The number of fused-ring (bicyclic) bond motifs is 1. The van der Waals surface area contributed by atoms with Gasteiger partial charge in [-0.15, -0.1) is 0 Å². The molecular weight excluding hydrogens is 290 g/mol. The molecule has 3 nitrogen and oxygen atoms in total. The van der Waals surface area contributed by atoms with Gasteiger partial charge < -0.3 is 14.8 Å². The molecule has 2 atom stereocenters. The highest BCUT2D eigenvalue weighted by Gasteiger charge is 2.17. The molecule has 2 aliphatic rings. The maximum Gasteiger partial charge on any atom is 0.161 e. The van der Waals surface area contributed by atoms with Crippen LogP contribution in [0.1, 0.15) is 18.5 Å². The first-order chi connectivity index (χ1) is 9.83. The van der Waals surface area contributed by atoms with Crippen LogP contribution >= 0.6 is 23.5 Å². The van der Waals surface area contributed by atoms with Crippen LogP contribution in [0.15, 0.2) is 18.2 Å². The smallest absolute Gasteiger partial charge is 0.161 e. The van der Waals surface area contributed by atoms with E-state index in [1.807, 2.05) is 6.07 Å². The van der Waals surface area contributed by atoms with Gasteiger partial charge in [-0.05, 0) is 24.6 Å². The third-order valence-corrected chi connectivity index (χ3v) is 6.45. The molecule has 1 aromatic rings. The summed E-state index contributed by atoms with van der Waals surface area (Å²) < 4.78 is 11.2. The molecule has 0 amide bonds. The van der Waals surface area contributed by atoms with E-state index in [0.717, 1.165) is 23.3 Å². The minimum absolute atomic E-state index is 0.346. The highest BCUT2D eigenvalue weighted by Crippen LogP contribution is 2.32. The van der Waals surface area contributed by atoms with Crippen molar-refractivity contribution in [1.82, 2.24) is 5.32 Å². The molecule has 0 radical (unpaired) electrons. The molecule has 110 valence electrons. The van der Waals surface area contributed by atoms with Crippen molar-refractivity contribution in [2.24, 2.45) is 0 Å². The zero-order chi connectivity index (χ0) is 13.8. The molecule has 0 aromatic heterocycles. The first kappa shape index (κ1) is 14.4. The van der Waals surface area contributed by atoms with Crippen LogP contribution in [0.5, 0.6) is 11.5 Å². The van der Waals surface area contributed by atoms with Crippen molar-refractivity contribution in [1.29, 1.82) is 0 Å². The Balaban J connectivity index is 1.57. The van der Waals surface area contributed by atoms with Crippen LogP contribution in [0, 0.1) is 0 Å². The summed E-state index contributed by atoms with van der Waals surface area (Å²) in [5.74, 6) is 5.61. The van der Waals surface area contributed by atoms with E-state index in [2.05, 4.69) is 47.9 Å². The third-order valence-electron chi connectivity index (χ3n) is 3.60. The number of thioether (sulfide) groups is 2. The normalized spacial score (nSPS) is 23.4. The fourth-order valence-corrected chi connectivity index (χ4v) is 5.03. The Kier molecular flexibility index (Phi) is 5.02. The fraction of sp³-hybridized carbons (Fsp3) is 0.600. The summed E-state index contributed by atoms with van der Waals surface area (Å²) in [6.07, 6.45) is 0. The maximum absolute atomic E-state index is 5.65. The first-order valence-electron chi connectivity index (χ1n) is 7.15. The van der Waals surface area contributed by atoms with Gasteiger partial charge in [0, 0.05) is 35.1 Å². The van der Waals surface area contributed by atoms with Gasteiger partial charge in [-0.2, -0.15) is 23.5 Å². The molecular formula is C15H21NO2S2. The van der Waals surface area contributed by atoms with E-state index in [1.54, 1.807) is 0 Å². The Morgan fingerprint density at radius 2 is 2.10 bits per heavy atom. The van der Waals surface area contributed by atoms with Crippen molar-refractivity contribution in [3.63, 3.8) is 0 Å². The van der Waals surface area contributed by atoms with Crippen molar-refractivity contribution < 1.29 is 9.47 Å². The predicted molar refractivity (Wildman–Crippen MR) is 87.4 cm³/mol. The van der Waals surface area contributed by atoms with Crippen LogP contribution in [-0.2, 0) is 0 Å². The predicted octanol–water partition coefficient (Wildman–Crippen LogP) is 2.96. The van der Waals surface area contributed by atoms with Crippen molar-refractivity contribution in [2.75, 3.05) is 37.0 Å². The lowest BCUT2D eigenvalue weighted by Crippen LogP contribution is -2.30. The van der Waals surface area contributed by atoms with Gasteiger partial charge in [-0.25, -0.2) is 0 Å². The van der Waals surface area contributed by atoms with Crippen LogP contribution in [0.25, 0.3) is 0 Å². The molecule has 5 heteroatoms. The zero-order valence-corrected chi connectivity index (χ0v) is 13.4. The minimum Gasteiger partial charge on any atom is -0.486 e. The van der Waals surface area contributed by atoms with E-state index >= 15 is 0 Å². The van der Waals surface area contributed by atoms with Crippen LogP contribution in [0.4, 0.5) is 0 Å². The standard InChI is InChI=1S/C15H21NO2S2/c1-11(16-9-13-10-19-6-7-20-13)12-2-3-14-15(8-12)18-5-4-17-14/h2-3,8,11,13,16H,4-7,9-10H2,1H3. The van der Waals surface area contributed by atoms with Crippen molar-refractivity contribution in [3.8, 4) is 11.5 Å². The number of hydrogen-bond donors (Lipinski definition) is 1. The van der Waals surface area contributed by atoms with Crippen molar-refractivity contribution >= 4 is 23.5 Å². The second-order valence-electron chi connectivity index (χ2n) is 5.10. The van der Waals surface area contributed by atoms with Gasteiger partial charge in [0.15, 0.2) is 11.5 Å². The molecule has 0 bridgehead atoms. The lowest BCUT2D eigenvalue weighted by Gasteiger charge is -2.24. The Morgan fingerprint density at radius 3 is 2.90 bits per heavy atom. The second-order valence-corrected chi connectivity index (χ2v) is 7.66. The van der Waals surface area contributed by atoms with Crippen LogP contribution in [0.3, 0.4) is 0 Å². The molecule has 2 aliphatic heterocycles. The molecule has 1 N–H and O–H groups in total. The van der Waals surface area contributed by atoms with Gasteiger partial charge in [0.1, 0.15) is 13.2 Å². The Bertz CT molecular complexity index is 449. The SMILES string of the molecule is CC(NCC1CSCCS1)c1ccc2c(c1)OCCO2.